The summed E-state index contributed by atoms with van der Waals surface area (Å²) in [6.07, 6.45) is 1.78. The predicted molar refractivity (Wildman–Crippen MR) is 117 cm³/mol. The molecule has 0 bridgehead atoms. The highest BCUT2D eigenvalue weighted by molar-refractivity contribution is 7.99. The second-order valence-electron chi connectivity index (χ2n) is 6.44. The number of imidazole rings is 1. The molecule has 0 atom stereocenters. The molecule has 28 heavy (non-hydrogen) atoms. The van der Waals surface area contributed by atoms with Crippen molar-refractivity contribution < 1.29 is 4.79 Å². The molecule has 1 amide bonds. The van der Waals surface area contributed by atoms with Gasteiger partial charge >= 0.3 is 0 Å². The first-order valence-electron chi connectivity index (χ1n) is 9.44. The number of nitrogens with one attached hydrogen (secondary N) is 1. The highest BCUT2D eigenvalue weighted by atomic mass is 32.2. The van der Waals surface area contributed by atoms with E-state index >= 15 is 0 Å². The van der Waals surface area contributed by atoms with Gasteiger partial charge in [0, 0.05) is 19.5 Å². The van der Waals surface area contributed by atoms with Crippen LogP contribution in [0.5, 0.6) is 0 Å². The van der Waals surface area contributed by atoms with Crippen LogP contribution in [0.1, 0.15) is 18.4 Å². The summed E-state index contributed by atoms with van der Waals surface area (Å²) in [4.78, 5) is 21.5. The fourth-order valence-electron chi connectivity index (χ4n) is 3.14. The summed E-state index contributed by atoms with van der Waals surface area (Å²) < 4.78 is 3.37. The topological polar surface area (TPSA) is 59.8 Å². The van der Waals surface area contributed by atoms with Crippen LogP contribution in [0.25, 0.3) is 21.3 Å². The van der Waals surface area contributed by atoms with Crippen molar-refractivity contribution in [2.45, 2.75) is 31.5 Å². The van der Waals surface area contributed by atoms with Gasteiger partial charge in [-0.2, -0.15) is 0 Å². The molecule has 0 radical (unpaired) electrons. The molecule has 2 aromatic heterocycles. The predicted octanol–water partition coefficient (Wildman–Crippen LogP) is 4.51. The zero-order chi connectivity index (χ0) is 19.3. The number of carbonyl (C=O) groups excluding carboxylic acids is 1. The molecule has 2 aromatic carbocycles. The van der Waals surface area contributed by atoms with Crippen LogP contribution in [0.3, 0.4) is 0 Å². The molecule has 1 N–H and O–H groups in total. The summed E-state index contributed by atoms with van der Waals surface area (Å²) >= 11 is 3.22. The van der Waals surface area contributed by atoms with E-state index in [9.17, 15) is 4.79 Å². The molecule has 5 nitrogen and oxygen atoms in total. The molecule has 0 spiro atoms. The van der Waals surface area contributed by atoms with Crippen LogP contribution in [0.4, 0.5) is 0 Å². The average molecular weight is 411 g/mol. The van der Waals surface area contributed by atoms with Crippen molar-refractivity contribution in [1.82, 2.24) is 19.9 Å². The first-order chi connectivity index (χ1) is 13.7. The van der Waals surface area contributed by atoms with E-state index in [2.05, 4.69) is 38.9 Å². The van der Waals surface area contributed by atoms with Crippen molar-refractivity contribution in [2.24, 2.45) is 0 Å². The number of hydrogen-bond donors (Lipinski definition) is 1. The van der Waals surface area contributed by atoms with E-state index in [0.717, 1.165) is 46.1 Å². The van der Waals surface area contributed by atoms with E-state index in [1.54, 1.807) is 11.3 Å². The van der Waals surface area contributed by atoms with Gasteiger partial charge in [0.15, 0.2) is 5.16 Å². The van der Waals surface area contributed by atoms with E-state index in [0.29, 0.717) is 12.3 Å². The number of rotatable bonds is 8. The van der Waals surface area contributed by atoms with Crippen LogP contribution in [-0.4, -0.2) is 32.7 Å². The van der Waals surface area contributed by atoms with Crippen molar-refractivity contribution >= 4 is 50.3 Å². The lowest BCUT2D eigenvalue weighted by molar-refractivity contribution is -0.118. The second-order valence-corrected chi connectivity index (χ2v) is 8.50. The van der Waals surface area contributed by atoms with Gasteiger partial charge in [0.05, 0.1) is 32.0 Å². The molecule has 0 aliphatic carbocycles. The van der Waals surface area contributed by atoms with E-state index in [1.165, 1.54) is 16.5 Å². The highest BCUT2D eigenvalue weighted by Gasteiger charge is 2.11. The standard InChI is InChI=1S/C21H22N4OS2/c1-2-25-17-10-5-3-8-15(17)24-21(25)27-14-19(26)22-13-7-12-20-23-16-9-4-6-11-18(16)28-20/h3-6,8-11H,2,7,12-14H2,1H3,(H,22,26). The number of aromatic nitrogens is 3. The maximum Gasteiger partial charge on any atom is 0.230 e. The molecule has 0 saturated heterocycles. The fraction of sp³-hybridized carbons (Fsp3) is 0.286. The minimum Gasteiger partial charge on any atom is -0.355 e. The maximum absolute atomic E-state index is 12.2. The number of hydrogen-bond acceptors (Lipinski definition) is 5. The first kappa shape index (κ1) is 19.0. The van der Waals surface area contributed by atoms with Gasteiger partial charge in [-0.3, -0.25) is 4.79 Å². The Labute approximate surface area is 172 Å². The molecule has 0 unspecified atom stereocenters. The van der Waals surface area contributed by atoms with Crippen LogP contribution >= 0.6 is 23.1 Å². The summed E-state index contributed by atoms with van der Waals surface area (Å²) in [5.41, 5.74) is 3.15. The third kappa shape index (κ3) is 4.20. The summed E-state index contributed by atoms with van der Waals surface area (Å²) in [6, 6.07) is 16.3. The number of benzene rings is 2. The van der Waals surface area contributed by atoms with Crippen LogP contribution in [0.2, 0.25) is 0 Å². The van der Waals surface area contributed by atoms with Crippen LogP contribution < -0.4 is 5.32 Å². The first-order valence-corrected chi connectivity index (χ1v) is 11.2. The molecule has 2 heterocycles. The number of thiazole rings is 1. The Balaban J connectivity index is 1.25. The molecule has 0 fully saturated rings. The lowest BCUT2D eigenvalue weighted by atomic mass is 10.3. The summed E-state index contributed by atoms with van der Waals surface area (Å²) in [7, 11) is 0. The van der Waals surface area contributed by atoms with Crippen LogP contribution in [0, 0.1) is 0 Å². The maximum atomic E-state index is 12.2. The Hall–Kier alpha value is -2.38. The summed E-state index contributed by atoms with van der Waals surface area (Å²) in [5.74, 6) is 0.425. The van der Waals surface area contributed by atoms with E-state index in [1.807, 2.05) is 36.4 Å². The summed E-state index contributed by atoms with van der Waals surface area (Å²) in [6.45, 7) is 3.60. The molecule has 0 aliphatic rings. The molecule has 4 aromatic rings. The Morgan fingerprint density at radius 2 is 1.89 bits per heavy atom. The van der Waals surface area contributed by atoms with Gasteiger partial charge < -0.3 is 9.88 Å². The largest absolute Gasteiger partial charge is 0.355 e. The third-order valence-electron chi connectivity index (χ3n) is 4.50. The van der Waals surface area contributed by atoms with Crippen molar-refractivity contribution in [3.8, 4) is 0 Å². The molecule has 7 heteroatoms. The summed E-state index contributed by atoms with van der Waals surface area (Å²) in [5, 5.41) is 5.03. The molecule has 0 aliphatic heterocycles. The number of carbonyl (C=O) groups is 1. The SMILES string of the molecule is CCn1c(SCC(=O)NCCCc2nc3ccccc3s2)nc2ccccc21. The van der Waals surface area contributed by atoms with Gasteiger partial charge in [-0.1, -0.05) is 36.0 Å². The van der Waals surface area contributed by atoms with Crippen molar-refractivity contribution in [3.05, 3.63) is 53.5 Å². The number of nitrogens with zero attached hydrogens (tertiary/aromatic N) is 3. The van der Waals surface area contributed by atoms with Gasteiger partial charge in [-0.25, -0.2) is 9.97 Å². The van der Waals surface area contributed by atoms with Gasteiger partial charge in [-0.05, 0) is 37.6 Å². The molecule has 4 rings (SSSR count). The van der Waals surface area contributed by atoms with Gasteiger partial charge in [0.1, 0.15) is 0 Å². The van der Waals surface area contributed by atoms with Crippen LogP contribution in [-0.2, 0) is 17.8 Å². The molecular formula is C21H22N4OS2. The lowest BCUT2D eigenvalue weighted by Crippen LogP contribution is -2.26. The minimum absolute atomic E-state index is 0.0454. The second kappa shape index (κ2) is 8.75. The number of amides is 1. The lowest BCUT2D eigenvalue weighted by Gasteiger charge is -2.06. The quantitative estimate of drug-likeness (QED) is 0.343. The molecule has 144 valence electrons. The monoisotopic (exact) mass is 410 g/mol. The van der Waals surface area contributed by atoms with Gasteiger partial charge in [-0.15, -0.1) is 11.3 Å². The zero-order valence-corrected chi connectivity index (χ0v) is 17.4. The van der Waals surface area contributed by atoms with Crippen molar-refractivity contribution in [3.63, 3.8) is 0 Å². The van der Waals surface area contributed by atoms with Gasteiger partial charge in [0.2, 0.25) is 5.91 Å². The smallest absolute Gasteiger partial charge is 0.230 e. The molecular weight excluding hydrogens is 388 g/mol. The minimum atomic E-state index is 0.0454. The Morgan fingerprint density at radius 3 is 2.71 bits per heavy atom. The van der Waals surface area contributed by atoms with Gasteiger partial charge in [0.25, 0.3) is 0 Å². The van der Waals surface area contributed by atoms with Crippen molar-refractivity contribution in [1.29, 1.82) is 0 Å². The molecule has 0 saturated carbocycles. The third-order valence-corrected chi connectivity index (χ3v) is 6.57. The number of aryl methyl sites for hydroxylation is 2. The Kier molecular flexibility index (Phi) is 5.92. The van der Waals surface area contributed by atoms with E-state index in [4.69, 9.17) is 0 Å². The number of fused-ring (bicyclic) bond motifs is 2. The average Bonchev–Trinajstić information content (AvgIpc) is 3.29. The Bertz CT molecular complexity index is 1070. The Morgan fingerprint density at radius 1 is 1.11 bits per heavy atom. The van der Waals surface area contributed by atoms with E-state index < -0.39 is 0 Å². The van der Waals surface area contributed by atoms with Crippen LogP contribution in [0.15, 0.2) is 53.7 Å². The number of thioether (sulfide) groups is 1. The normalized spacial score (nSPS) is 11.3. The zero-order valence-electron chi connectivity index (χ0n) is 15.7. The van der Waals surface area contributed by atoms with E-state index in [-0.39, 0.29) is 5.91 Å². The fourth-order valence-corrected chi connectivity index (χ4v) is 5.06. The van der Waals surface area contributed by atoms with Crippen molar-refractivity contribution in [2.75, 3.05) is 12.3 Å². The number of para-hydroxylation sites is 3. The highest BCUT2D eigenvalue weighted by Crippen LogP contribution is 2.24.